The van der Waals surface area contributed by atoms with Gasteiger partial charge in [0.05, 0.1) is 0 Å². The highest BCUT2D eigenvalue weighted by Crippen LogP contribution is 2.32. The van der Waals surface area contributed by atoms with Crippen LogP contribution in [0.2, 0.25) is 5.02 Å². The van der Waals surface area contributed by atoms with E-state index in [0.29, 0.717) is 5.02 Å². The Labute approximate surface area is 130 Å². The fraction of sp³-hybridized carbons (Fsp3) is 0.294. The van der Waals surface area contributed by atoms with Crippen molar-refractivity contribution in [3.05, 3.63) is 58.9 Å². The molecule has 2 aromatic carbocycles. The maximum Gasteiger partial charge on any atom is 0.125 e. The molecule has 0 heterocycles. The minimum atomic E-state index is -0.248. The van der Waals surface area contributed by atoms with Gasteiger partial charge in [-0.1, -0.05) is 23.7 Å². The van der Waals surface area contributed by atoms with Crippen LogP contribution in [0.15, 0.2) is 42.5 Å². The summed E-state index contributed by atoms with van der Waals surface area (Å²) in [7, 11) is 0. The SMILES string of the molecule is CCN(c1cccc(F)c1)c1cc(Cl)ccc1CC(C)N. The van der Waals surface area contributed by atoms with Crippen LogP contribution in [-0.4, -0.2) is 12.6 Å². The predicted molar refractivity (Wildman–Crippen MR) is 87.9 cm³/mol. The predicted octanol–water partition coefficient (Wildman–Crippen LogP) is 4.53. The molecule has 0 fully saturated rings. The third kappa shape index (κ3) is 3.96. The summed E-state index contributed by atoms with van der Waals surface area (Å²) in [6, 6.07) is 12.4. The molecule has 112 valence electrons. The summed E-state index contributed by atoms with van der Waals surface area (Å²) >= 11 is 6.14. The van der Waals surface area contributed by atoms with Crippen molar-refractivity contribution in [2.24, 2.45) is 5.73 Å². The number of halogens is 2. The first-order valence-electron chi connectivity index (χ1n) is 7.08. The number of rotatable bonds is 5. The highest BCUT2D eigenvalue weighted by atomic mass is 35.5. The average molecular weight is 307 g/mol. The lowest BCUT2D eigenvalue weighted by molar-refractivity contribution is 0.627. The Balaban J connectivity index is 2.48. The second kappa shape index (κ2) is 6.92. The zero-order chi connectivity index (χ0) is 15.4. The first-order chi connectivity index (χ1) is 10.0. The van der Waals surface area contributed by atoms with Gasteiger partial charge in [-0.05, 0) is 56.2 Å². The number of nitrogens with two attached hydrogens (primary N) is 1. The molecule has 0 aliphatic heterocycles. The van der Waals surface area contributed by atoms with Gasteiger partial charge in [-0.25, -0.2) is 4.39 Å². The lowest BCUT2D eigenvalue weighted by Crippen LogP contribution is -2.22. The molecule has 0 saturated heterocycles. The molecule has 0 spiro atoms. The van der Waals surface area contributed by atoms with E-state index < -0.39 is 0 Å². The first-order valence-corrected chi connectivity index (χ1v) is 7.46. The second-order valence-electron chi connectivity index (χ2n) is 5.18. The Kier molecular flexibility index (Phi) is 5.21. The Morgan fingerprint density at radius 1 is 1.24 bits per heavy atom. The Morgan fingerprint density at radius 3 is 2.62 bits per heavy atom. The summed E-state index contributed by atoms with van der Waals surface area (Å²) in [6.45, 7) is 4.72. The monoisotopic (exact) mass is 306 g/mol. The van der Waals surface area contributed by atoms with Crippen LogP contribution in [0.5, 0.6) is 0 Å². The van der Waals surface area contributed by atoms with E-state index in [9.17, 15) is 4.39 Å². The van der Waals surface area contributed by atoms with Crippen molar-refractivity contribution < 1.29 is 4.39 Å². The van der Waals surface area contributed by atoms with Gasteiger partial charge in [0.25, 0.3) is 0 Å². The number of hydrogen-bond donors (Lipinski definition) is 1. The molecule has 0 aliphatic carbocycles. The zero-order valence-electron chi connectivity index (χ0n) is 12.3. The molecule has 0 amide bonds. The van der Waals surface area contributed by atoms with Crippen LogP contribution >= 0.6 is 11.6 Å². The molecule has 0 saturated carbocycles. The van der Waals surface area contributed by atoms with Crippen LogP contribution in [0.3, 0.4) is 0 Å². The summed E-state index contributed by atoms with van der Waals surface area (Å²) in [5, 5.41) is 0.660. The first kappa shape index (κ1) is 15.8. The number of nitrogens with zero attached hydrogens (tertiary/aromatic N) is 1. The topological polar surface area (TPSA) is 29.3 Å². The van der Waals surface area contributed by atoms with Crippen molar-refractivity contribution in [1.82, 2.24) is 0 Å². The van der Waals surface area contributed by atoms with Crippen molar-refractivity contribution >= 4 is 23.0 Å². The summed E-state index contributed by atoms with van der Waals surface area (Å²) in [5.41, 5.74) is 8.83. The summed E-state index contributed by atoms with van der Waals surface area (Å²) < 4.78 is 13.5. The van der Waals surface area contributed by atoms with Crippen LogP contribution < -0.4 is 10.6 Å². The van der Waals surface area contributed by atoms with Gasteiger partial charge in [-0.3, -0.25) is 0 Å². The van der Waals surface area contributed by atoms with E-state index in [1.54, 1.807) is 6.07 Å². The zero-order valence-corrected chi connectivity index (χ0v) is 13.1. The molecule has 0 radical (unpaired) electrons. The van der Waals surface area contributed by atoms with E-state index in [4.69, 9.17) is 17.3 Å². The van der Waals surface area contributed by atoms with E-state index in [1.165, 1.54) is 12.1 Å². The fourth-order valence-corrected chi connectivity index (χ4v) is 2.61. The summed E-state index contributed by atoms with van der Waals surface area (Å²) in [5.74, 6) is -0.248. The molecule has 1 unspecified atom stereocenters. The van der Waals surface area contributed by atoms with E-state index in [2.05, 4.69) is 0 Å². The van der Waals surface area contributed by atoms with Gasteiger partial charge >= 0.3 is 0 Å². The lowest BCUT2D eigenvalue weighted by atomic mass is 10.0. The Bertz CT molecular complexity index is 613. The van der Waals surface area contributed by atoms with Gasteiger partial charge in [0.15, 0.2) is 0 Å². The molecule has 4 heteroatoms. The minimum Gasteiger partial charge on any atom is -0.341 e. The number of hydrogen-bond acceptors (Lipinski definition) is 2. The highest BCUT2D eigenvalue weighted by Gasteiger charge is 2.14. The molecular weight excluding hydrogens is 287 g/mol. The van der Waals surface area contributed by atoms with Crippen molar-refractivity contribution in [3.8, 4) is 0 Å². The van der Waals surface area contributed by atoms with Gasteiger partial charge in [0.2, 0.25) is 0 Å². The quantitative estimate of drug-likeness (QED) is 0.879. The molecule has 0 aliphatic rings. The minimum absolute atomic E-state index is 0.0520. The largest absolute Gasteiger partial charge is 0.341 e. The maximum absolute atomic E-state index is 13.5. The molecule has 2 aromatic rings. The number of anilines is 2. The van der Waals surface area contributed by atoms with Crippen molar-refractivity contribution in [2.45, 2.75) is 26.3 Å². The van der Waals surface area contributed by atoms with Gasteiger partial charge < -0.3 is 10.6 Å². The number of benzene rings is 2. The van der Waals surface area contributed by atoms with Crippen LogP contribution in [0.4, 0.5) is 15.8 Å². The van der Waals surface area contributed by atoms with E-state index in [0.717, 1.165) is 29.9 Å². The van der Waals surface area contributed by atoms with Gasteiger partial charge in [-0.2, -0.15) is 0 Å². The van der Waals surface area contributed by atoms with E-state index in [1.807, 2.05) is 43.0 Å². The summed E-state index contributed by atoms with van der Waals surface area (Å²) in [4.78, 5) is 2.05. The van der Waals surface area contributed by atoms with Crippen molar-refractivity contribution in [3.63, 3.8) is 0 Å². The molecule has 2 N–H and O–H groups in total. The van der Waals surface area contributed by atoms with Crippen molar-refractivity contribution in [1.29, 1.82) is 0 Å². The molecule has 2 nitrogen and oxygen atoms in total. The third-order valence-corrected chi connectivity index (χ3v) is 3.55. The normalized spacial score (nSPS) is 12.2. The fourth-order valence-electron chi connectivity index (χ4n) is 2.44. The Morgan fingerprint density at radius 2 is 2.00 bits per heavy atom. The highest BCUT2D eigenvalue weighted by molar-refractivity contribution is 6.30. The Hall–Kier alpha value is -1.58. The standard InChI is InChI=1S/C17H20ClFN2/c1-3-21(16-6-4-5-15(19)11-16)17-10-14(18)8-7-13(17)9-12(2)20/h4-8,10-12H,3,9,20H2,1-2H3. The van der Waals surface area contributed by atoms with Gasteiger partial charge in [0, 0.05) is 29.0 Å². The van der Waals surface area contributed by atoms with Crippen molar-refractivity contribution in [2.75, 3.05) is 11.4 Å². The second-order valence-corrected chi connectivity index (χ2v) is 5.62. The van der Waals surface area contributed by atoms with E-state index >= 15 is 0 Å². The van der Waals surface area contributed by atoms with Crippen LogP contribution in [0.25, 0.3) is 0 Å². The lowest BCUT2D eigenvalue weighted by Gasteiger charge is -2.27. The molecule has 0 bridgehead atoms. The van der Waals surface area contributed by atoms with Crippen LogP contribution in [0.1, 0.15) is 19.4 Å². The molecule has 21 heavy (non-hydrogen) atoms. The molecule has 0 aromatic heterocycles. The molecular formula is C17H20ClFN2. The molecule has 1 atom stereocenters. The maximum atomic E-state index is 13.5. The third-order valence-electron chi connectivity index (χ3n) is 3.32. The summed E-state index contributed by atoms with van der Waals surface area (Å²) in [6.07, 6.45) is 0.748. The smallest absolute Gasteiger partial charge is 0.125 e. The average Bonchev–Trinajstić information content (AvgIpc) is 2.42. The van der Waals surface area contributed by atoms with Gasteiger partial charge in [-0.15, -0.1) is 0 Å². The van der Waals surface area contributed by atoms with Gasteiger partial charge in [0.1, 0.15) is 5.82 Å². The van der Waals surface area contributed by atoms with E-state index in [-0.39, 0.29) is 11.9 Å². The van der Waals surface area contributed by atoms with Crippen LogP contribution in [-0.2, 0) is 6.42 Å². The molecule has 2 rings (SSSR count). The van der Waals surface area contributed by atoms with Crippen LogP contribution in [0, 0.1) is 5.82 Å².